The van der Waals surface area contributed by atoms with Gasteiger partial charge in [0.15, 0.2) is 0 Å². The number of carbonyl (C=O) groups excluding carboxylic acids is 1. The van der Waals surface area contributed by atoms with E-state index in [-0.39, 0.29) is 18.0 Å². The number of methoxy groups -OCH3 is 1. The van der Waals surface area contributed by atoms with Crippen LogP contribution in [-0.4, -0.2) is 50.4 Å². The van der Waals surface area contributed by atoms with Gasteiger partial charge in [-0.2, -0.15) is 0 Å². The van der Waals surface area contributed by atoms with Crippen LogP contribution >= 0.6 is 0 Å². The summed E-state index contributed by atoms with van der Waals surface area (Å²) < 4.78 is 10.9. The predicted molar refractivity (Wildman–Crippen MR) is 126 cm³/mol. The number of carboxylic acids is 1. The number of morpholine rings is 1. The maximum Gasteiger partial charge on any atom is 0.337 e. The van der Waals surface area contributed by atoms with E-state index in [0.717, 1.165) is 5.56 Å². The van der Waals surface area contributed by atoms with E-state index < -0.39 is 5.97 Å². The molecule has 0 bridgehead atoms. The minimum atomic E-state index is -1.04. The summed E-state index contributed by atoms with van der Waals surface area (Å²) in [7, 11) is 1.59. The quantitative estimate of drug-likeness (QED) is 0.589. The first-order valence-electron chi connectivity index (χ1n) is 10.8. The molecule has 1 aliphatic rings. The van der Waals surface area contributed by atoms with Crippen molar-refractivity contribution in [3.63, 3.8) is 0 Å². The van der Waals surface area contributed by atoms with Gasteiger partial charge in [-0.3, -0.25) is 4.79 Å². The number of nitrogens with zero attached hydrogens (tertiary/aromatic N) is 2. The van der Waals surface area contributed by atoms with Gasteiger partial charge >= 0.3 is 5.97 Å². The Kier molecular flexibility index (Phi) is 6.90. The normalized spacial score (nSPS) is 13.4. The molecule has 0 aromatic heterocycles. The second-order valence-electron chi connectivity index (χ2n) is 7.68. The molecule has 7 nitrogen and oxygen atoms in total. The number of anilines is 2. The molecule has 1 saturated heterocycles. The number of carboxylic acid groups (broad SMARTS) is 1. The summed E-state index contributed by atoms with van der Waals surface area (Å²) in [6.07, 6.45) is 0. The van der Waals surface area contributed by atoms with Crippen molar-refractivity contribution in [2.75, 3.05) is 43.2 Å². The highest BCUT2D eigenvalue weighted by atomic mass is 16.5. The van der Waals surface area contributed by atoms with Crippen LogP contribution in [0, 0.1) is 0 Å². The molecule has 0 atom stereocenters. The number of hydrogen-bond acceptors (Lipinski definition) is 5. The molecule has 1 N–H and O–H groups in total. The van der Waals surface area contributed by atoms with Gasteiger partial charge in [-0.05, 0) is 36.4 Å². The van der Waals surface area contributed by atoms with E-state index in [4.69, 9.17) is 9.47 Å². The second kappa shape index (κ2) is 10.2. The predicted octanol–water partition coefficient (Wildman–Crippen LogP) is 4.08. The third-order valence-electron chi connectivity index (χ3n) is 5.66. The van der Waals surface area contributed by atoms with Crippen molar-refractivity contribution in [2.24, 2.45) is 0 Å². The largest absolute Gasteiger partial charge is 0.496 e. The van der Waals surface area contributed by atoms with Crippen LogP contribution in [0.5, 0.6) is 5.75 Å². The molecule has 0 spiro atoms. The smallest absolute Gasteiger partial charge is 0.337 e. The van der Waals surface area contributed by atoms with Gasteiger partial charge in [0.25, 0.3) is 5.91 Å². The van der Waals surface area contributed by atoms with Crippen molar-refractivity contribution < 1.29 is 24.2 Å². The van der Waals surface area contributed by atoms with E-state index in [1.807, 2.05) is 35.2 Å². The molecule has 0 radical (unpaired) electrons. The molecular weight excluding hydrogens is 420 g/mol. The van der Waals surface area contributed by atoms with E-state index >= 15 is 0 Å². The maximum atomic E-state index is 13.5. The second-order valence-corrected chi connectivity index (χ2v) is 7.68. The summed E-state index contributed by atoms with van der Waals surface area (Å²) >= 11 is 0. The summed E-state index contributed by atoms with van der Waals surface area (Å²) in [5.41, 5.74) is 2.61. The van der Waals surface area contributed by atoms with Gasteiger partial charge in [-0.25, -0.2) is 4.79 Å². The first kappa shape index (κ1) is 22.4. The standard InChI is InChI=1S/C26H26N2O5/c1-32-24-10-6-5-9-20(24)18-28(25(29)19-7-3-2-4-8-19)21-11-12-23(22(17-21)26(30)31)27-13-15-33-16-14-27/h2-12,17H,13-16,18H2,1H3,(H,30,31). The Balaban J connectivity index is 1.76. The lowest BCUT2D eigenvalue weighted by molar-refractivity contribution is 0.0696. The van der Waals surface area contributed by atoms with Crippen molar-refractivity contribution >= 4 is 23.3 Å². The highest BCUT2D eigenvalue weighted by Crippen LogP contribution is 2.30. The number of hydrogen-bond donors (Lipinski definition) is 1. The van der Waals surface area contributed by atoms with Crippen LogP contribution in [0.25, 0.3) is 0 Å². The molecule has 3 aromatic rings. The molecule has 1 amide bonds. The third-order valence-corrected chi connectivity index (χ3v) is 5.66. The number of amides is 1. The average molecular weight is 447 g/mol. The van der Waals surface area contributed by atoms with E-state index in [2.05, 4.69) is 0 Å². The molecule has 170 valence electrons. The molecule has 1 heterocycles. The first-order chi connectivity index (χ1) is 16.1. The fourth-order valence-electron chi connectivity index (χ4n) is 3.96. The van der Waals surface area contributed by atoms with E-state index in [0.29, 0.717) is 49.0 Å². The van der Waals surface area contributed by atoms with Crippen molar-refractivity contribution in [3.05, 3.63) is 89.5 Å². The summed E-state index contributed by atoms with van der Waals surface area (Å²) in [6.45, 7) is 2.56. The van der Waals surface area contributed by atoms with Crippen LogP contribution in [0.1, 0.15) is 26.3 Å². The van der Waals surface area contributed by atoms with Gasteiger partial charge in [0.2, 0.25) is 0 Å². The highest BCUT2D eigenvalue weighted by Gasteiger charge is 2.24. The van der Waals surface area contributed by atoms with Crippen molar-refractivity contribution in [1.82, 2.24) is 0 Å². The third kappa shape index (κ3) is 4.99. The minimum Gasteiger partial charge on any atom is -0.496 e. The zero-order chi connectivity index (χ0) is 23.2. The van der Waals surface area contributed by atoms with Gasteiger partial charge < -0.3 is 24.4 Å². The number of para-hydroxylation sites is 1. The number of aromatic carboxylic acids is 1. The maximum absolute atomic E-state index is 13.5. The molecule has 3 aromatic carbocycles. The van der Waals surface area contributed by atoms with E-state index in [1.165, 1.54) is 0 Å². The van der Waals surface area contributed by atoms with Gasteiger partial charge in [0, 0.05) is 29.9 Å². The topological polar surface area (TPSA) is 79.3 Å². The number of carbonyl (C=O) groups is 2. The van der Waals surface area contributed by atoms with Crippen LogP contribution in [0.15, 0.2) is 72.8 Å². The lowest BCUT2D eigenvalue weighted by atomic mass is 10.1. The highest BCUT2D eigenvalue weighted by molar-refractivity contribution is 6.07. The molecule has 1 fully saturated rings. The van der Waals surface area contributed by atoms with Crippen LogP contribution in [-0.2, 0) is 11.3 Å². The van der Waals surface area contributed by atoms with E-state index in [9.17, 15) is 14.7 Å². The molecule has 33 heavy (non-hydrogen) atoms. The van der Waals surface area contributed by atoms with Crippen LogP contribution in [0.3, 0.4) is 0 Å². The Bertz CT molecular complexity index is 1130. The molecule has 1 aliphatic heterocycles. The summed E-state index contributed by atoms with van der Waals surface area (Å²) in [4.78, 5) is 29.3. The van der Waals surface area contributed by atoms with Gasteiger partial charge in [-0.15, -0.1) is 0 Å². The molecule has 0 saturated carbocycles. The zero-order valence-electron chi connectivity index (χ0n) is 18.4. The SMILES string of the molecule is COc1ccccc1CN(C(=O)c1ccccc1)c1ccc(N2CCOCC2)c(C(=O)O)c1. The lowest BCUT2D eigenvalue weighted by Gasteiger charge is -2.31. The Morgan fingerprint density at radius 3 is 2.39 bits per heavy atom. The molecule has 7 heteroatoms. The Hall–Kier alpha value is -3.84. The Morgan fingerprint density at radius 1 is 1.00 bits per heavy atom. The Morgan fingerprint density at radius 2 is 1.70 bits per heavy atom. The monoisotopic (exact) mass is 446 g/mol. The number of benzene rings is 3. The van der Waals surface area contributed by atoms with E-state index in [1.54, 1.807) is 54.5 Å². The average Bonchev–Trinajstić information content (AvgIpc) is 2.87. The fourth-order valence-corrected chi connectivity index (χ4v) is 3.96. The van der Waals surface area contributed by atoms with Gasteiger partial charge in [0.1, 0.15) is 5.75 Å². The first-order valence-corrected chi connectivity index (χ1v) is 10.8. The molecule has 0 aliphatic carbocycles. The number of rotatable bonds is 7. The summed E-state index contributed by atoms with van der Waals surface area (Å²) in [5, 5.41) is 9.95. The van der Waals surface area contributed by atoms with Crippen molar-refractivity contribution in [3.8, 4) is 5.75 Å². The molecular formula is C26H26N2O5. The summed E-state index contributed by atoms with van der Waals surface area (Å²) in [6, 6.07) is 21.6. The van der Waals surface area contributed by atoms with Crippen molar-refractivity contribution in [1.29, 1.82) is 0 Å². The Labute approximate surface area is 192 Å². The number of ether oxygens (including phenoxy) is 2. The minimum absolute atomic E-state index is 0.153. The summed E-state index contributed by atoms with van der Waals surface area (Å²) in [5.74, 6) is -0.605. The lowest BCUT2D eigenvalue weighted by Crippen LogP contribution is -2.37. The molecule has 0 unspecified atom stereocenters. The fraction of sp³-hybridized carbons (Fsp3) is 0.231. The van der Waals surface area contributed by atoms with Gasteiger partial charge in [-0.1, -0.05) is 36.4 Å². The molecule has 4 rings (SSSR count). The van der Waals surface area contributed by atoms with Crippen LogP contribution in [0.4, 0.5) is 11.4 Å². The van der Waals surface area contributed by atoms with Crippen molar-refractivity contribution in [2.45, 2.75) is 6.54 Å². The van der Waals surface area contributed by atoms with Gasteiger partial charge in [0.05, 0.1) is 38.1 Å². The van der Waals surface area contributed by atoms with Crippen LogP contribution < -0.4 is 14.5 Å². The van der Waals surface area contributed by atoms with Crippen LogP contribution in [0.2, 0.25) is 0 Å². The zero-order valence-corrected chi connectivity index (χ0v) is 18.4.